The zero-order chi connectivity index (χ0) is 15.7. The van der Waals surface area contributed by atoms with E-state index in [4.69, 9.17) is 10.5 Å². The molecule has 0 spiro atoms. The number of nitrogens with zero attached hydrogens (tertiary/aromatic N) is 1. The van der Waals surface area contributed by atoms with Crippen LogP contribution in [0.3, 0.4) is 0 Å². The minimum atomic E-state index is 0.215. The third kappa shape index (κ3) is 4.00. The zero-order valence-electron chi connectivity index (χ0n) is 14.8. The average Bonchev–Trinajstić information content (AvgIpc) is 2.60. The number of morpholine rings is 1. The minimum Gasteiger partial charge on any atom is -0.373 e. The van der Waals surface area contributed by atoms with Crippen molar-refractivity contribution >= 4 is 0 Å². The average molecular weight is 296 g/mol. The number of hydrogen-bond donors (Lipinski definition) is 1. The van der Waals surface area contributed by atoms with Crippen molar-refractivity contribution in [1.29, 1.82) is 0 Å². The molecule has 21 heavy (non-hydrogen) atoms. The first-order valence-electron chi connectivity index (χ1n) is 8.87. The fourth-order valence-corrected chi connectivity index (χ4v) is 4.47. The van der Waals surface area contributed by atoms with Gasteiger partial charge in [0.25, 0.3) is 0 Å². The van der Waals surface area contributed by atoms with E-state index >= 15 is 0 Å². The number of hydrogen-bond acceptors (Lipinski definition) is 3. The lowest BCUT2D eigenvalue weighted by atomic mass is 9.76. The van der Waals surface area contributed by atoms with Gasteiger partial charge in [-0.3, -0.25) is 4.90 Å². The van der Waals surface area contributed by atoms with Gasteiger partial charge in [0.1, 0.15) is 0 Å². The summed E-state index contributed by atoms with van der Waals surface area (Å²) in [6, 6.07) is 0. The van der Waals surface area contributed by atoms with Crippen molar-refractivity contribution in [3.05, 3.63) is 0 Å². The summed E-state index contributed by atoms with van der Waals surface area (Å²) in [5, 5.41) is 0. The van der Waals surface area contributed by atoms with E-state index in [2.05, 4.69) is 39.5 Å². The lowest BCUT2D eigenvalue weighted by molar-refractivity contribution is -0.104. The summed E-state index contributed by atoms with van der Waals surface area (Å²) in [5.74, 6) is 0.835. The van der Waals surface area contributed by atoms with Crippen molar-refractivity contribution in [2.75, 3.05) is 19.6 Å². The predicted octanol–water partition coefficient (Wildman–Crippen LogP) is 3.42. The maximum absolute atomic E-state index is 6.30. The minimum absolute atomic E-state index is 0.215. The van der Waals surface area contributed by atoms with Crippen LogP contribution in [0.25, 0.3) is 0 Å². The lowest BCUT2D eigenvalue weighted by Gasteiger charge is -2.48. The molecule has 2 rings (SSSR count). The standard InChI is InChI=1S/C18H36N2O/c1-14-11-20(12-15(2)21-14)18(13-19)9-6-7-16(8-10-18)17(3,4)5/h14-16H,6-13,19H2,1-5H3. The van der Waals surface area contributed by atoms with Gasteiger partial charge in [-0.15, -0.1) is 0 Å². The molecule has 0 bridgehead atoms. The highest BCUT2D eigenvalue weighted by Gasteiger charge is 2.41. The first-order valence-corrected chi connectivity index (χ1v) is 8.87. The molecule has 1 saturated heterocycles. The predicted molar refractivity (Wildman–Crippen MR) is 89.4 cm³/mol. The van der Waals surface area contributed by atoms with E-state index in [0.717, 1.165) is 25.6 Å². The molecule has 2 fully saturated rings. The summed E-state index contributed by atoms with van der Waals surface area (Å²) in [6.07, 6.45) is 7.18. The van der Waals surface area contributed by atoms with Gasteiger partial charge in [0, 0.05) is 25.2 Å². The van der Waals surface area contributed by atoms with E-state index in [9.17, 15) is 0 Å². The molecule has 124 valence electrons. The topological polar surface area (TPSA) is 38.5 Å². The van der Waals surface area contributed by atoms with Gasteiger partial charge < -0.3 is 10.5 Å². The second-order valence-corrected chi connectivity index (χ2v) is 8.58. The van der Waals surface area contributed by atoms with Gasteiger partial charge in [-0.25, -0.2) is 0 Å². The summed E-state index contributed by atoms with van der Waals surface area (Å²) in [5.41, 5.74) is 6.94. The van der Waals surface area contributed by atoms with Crippen LogP contribution < -0.4 is 5.73 Å². The number of ether oxygens (including phenoxy) is 1. The summed E-state index contributed by atoms with van der Waals surface area (Å²) < 4.78 is 5.92. The highest BCUT2D eigenvalue weighted by Crippen LogP contribution is 2.42. The highest BCUT2D eigenvalue weighted by molar-refractivity contribution is 4.97. The van der Waals surface area contributed by atoms with E-state index in [0.29, 0.717) is 17.6 Å². The van der Waals surface area contributed by atoms with Crippen LogP contribution in [-0.2, 0) is 4.74 Å². The largest absolute Gasteiger partial charge is 0.373 e. The molecule has 0 amide bonds. The van der Waals surface area contributed by atoms with Gasteiger partial charge in [-0.05, 0) is 50.9 Å². The van der Waals surface area contributed by atoms with Crippen LogP contribution in [0.5, 0.6) is 0 Å². The number of rotatable bonds is 2. The van der Waals surface area contributed by atoms with Gasteiger partial charge in [0.05, 0.1) is 12.2 Å². The molecule has 3 heteroatoms. The second-order valence-electron chi connectivity index (χ2n) is 8.58. The normalized spacial score (nSPS) is 40.0. The Bertz CT molecular complexity index is 329. The van der Waals surface area contributed by atoms with Gasteiger partial charge in [-0.1, -0.05) is 27.2 Å². The van der Waals surface area contributed by atoms with Crippen LogP contribution in [0.1, 0.15) is 66.7 Å². The Balaban J connectivity index is 2.10. The van der Waals surface area contributed by atoms with Crippen LogP contribution in [0.2, 0.25) is 0 Å². The Morgan fingerprint density at radius 2 is 1.71 bits per heavy atom. The van der Waals surface area contributed by atoms with Crippen molar-refractivity contribution in [3.8, 4) is 0 Å². The molecule has 1 aliphatic heterocycles. The summed E-state index contributed by atoms with van der Waals surface area (Å²) >= 11 is 0. The molecule has 0 radical (unpaired) electrons. The SMILES string of the molecule is CC1CN(C2(CN)CCCC(C(C)(C)C)CC2)CC(C)O1. The molecule has 1 aliphatic carbocycles. The van der Waals surface area contributed by atoms with Gasteiger partial charge in [0.15, 0.2) is 0 Å². The lowest BCUT2D eigenvalue weighted by Crippen LogP contribution is -2.60. The van der Waals surface area contributed by atoms with Crippen LogP contribution in [0, 0.1) is 11.3 Å². The maximum Gasteiger partial charge on any atom is 0.0678 e. The monoisotopic (exact) mass is 296 g/mol. The van der Waals surface area contributed by atoms with E-state index in [1.807, 2.05) is 0 Å². The third-order valence-electron chi connectivity index (χ3n) is 5.85. The molecule has 0 aromatic heterocycles. The Kier molecular flexibility index (Phi) is 5.38. The smallest absolute Gasteiger partial charge is 0.0678 e. The Morgan fingerprint density at radius 3 is 2.24 bits per heavy atom. The van der Waals surface area contributed by atoms with Crippen molar-refractivity contribution < 1.29 is 4.74 Å². The molecule has 1 saturated carbocycles. The number of nitrogens with two attached hydrogens (primary N) is 1. The molecule has 2 N–H and O–H groups in total. The molecule has 0 aromatic carbocycles. The van der Waals surface area contributed by atoms with Gasteiger partial charge in [0.2, 0.25) is 0 Å². The quantitative estimate of drug-likeness (QED) is 0.794. The maximum atomic E-state index is 6.30. The Labute approximate surface area is 131 Å². The molecular weight excluding hydrogens is 260 g/mol. The summed E-state index contributed by atoms with van der Waals surface area (Å²) in [4.78, 5) is 2.66. The van der Waals surface area contributed by atoms with Crippen molar-refractivity contribution in [2.24, 2.45) is 17.1 Å². The Hall–Kier alpha value is -0.120. The van der Waals surface area contributed by atoms with E-state index in [-0.39, 0.29) is 5.54 Å². The summed E-state index contributed by atoms with van der Waals surface area (Å²) in [6.45, 7) is 14.5. The first-order chi connectivity index (χ1) is 9.77. The molecular formula is C18H36N2O. The van der Waals surface area contributed by atoms with Crippen LogP contribution in [0.15, 0.2) is 0 Å². The third-order valence-corrected chi connectivity index (χ3v) is 5.85. The van der Waals surface area contributed by atoms with Gasteiger partial charge >= 0.3 is 0 Å². The van der Waals surface area contributed by atoms with Crippen LogP contribution in [-0.4, -0.2) is 42.3 Å². The molecule has 4 unspecified atom stereocenters. The van der Waals surface area contributed by atoms with Crippen molar-refractivity contribution in [3.63, 3.8) is 0 Å². The van der Waals surface area contributed by atoms with Crippen LogP contribution in [0.4, 0.5) is 0 Å². The fraction of sp³-hybridized carbons (Fsp3) is 1.00. The highest BCUT2D eigenvalue weighted by atomic mass is 16.5. The fourth-order valence-electron chi connectivity index (χ4n) is 4.47. The molecule has 1 heterocycles. The Morgan fingerprint density at radius 1 is 1.10 bits per heavy atom. The van der Waals surface area contributed by atoms with Gasteiger partial charge in [-0.2, -0.15) is 0 Å². The van der Waals surface area contributed by atoms with E-state index < -0.39 is 0 Å². The van der Waals surface area contributed by atoms with Crippen molar-refractivity contribution in [1.82, 2.24) is 4.90 Å². The second kappa shape index (κ2) is 6.55. The summed E-state index contributed by atoms with van der Waals surface area (Å²) in [7, 11) is 0. The first kappa shape index (κ1) is 17.2. The zero-order valence-corrected chi connectivity index (χ0v) is 14.8. The van der Waals surface area contributed by atoms with Crippen LogP contribution >= 0.6 is 0 Å². The molecule has 4 atom stereocenters. The van der Waals surface area contributed by atoms with Crippen molar-refractivity contribution in [2.45, 2.75) is 84.5 Å². The van der Waals surface area contributed by atoms with E-state index in [1.165, 1.54) is 32.1 Å². The molecule has 2 aliphatic rings. The molecule has 0 aromatic rings. The molecule has 3 nitrogen and oxygen atoms in total. The van der Waals surface area contributed by atoms with E-state index in [1.54, 1.807) is 0 Å².